The molecule has 2 rings (SSSR count). The second kappa shape index (κ2) is 4.98. The number of hydrogen-bond acceptors (Lipinski definition) is 2. The third kappa shape index (κ3) is 2.28. The molecule has 88 valence electrons. The van der Waals surface area contributed by atoms with Crippen LogP contribution in [-0.4, -0.2) is 24.0 Å². The number of nitrogens with zero attached hydrogens (tertiary/aromatic N) is 1. The largest absolute Gasteiger partial charge is 0.326 e. The maximum atomic E-state index is 6.27. The van der Waals surface area contributed by atoms with Crippen LogP contribution < -0.4 is 5.73 Å². The second-order valence-corrected chi connectivity index (χ2v) is 4.79. The van der Waals surface area contributed by atoms with E-state index < -0.39 is 0 Å². The lowest BCUT2D eigenvalue weighted by Gasteiger charge is -2.39. The van der Waals surface area contributed by atoms with Gasteiger partial charge in [0.15, 0.2) is 0 Å². The first kappa shape index (κ1) is 11.6. The molecule has 0 amide bonds. The van der Waals surface area contributed by atoms with E-state index in [1.54, 1.807) is 0 Å². The van der Waals surface area contributed by atoms with Crippen LogP contribution >= 0.6 is 0 Å². The van der Waals surface area contributed by atoms with Crippen LogP contribution in [0.5, 0.6) is 0 Å². The SMILES string of the molecule is CCN1CCCC(N)C1c1ccc(C)cc1. The lowest BCUT2D eigenvalue weighted by molar-refractivity contribution is 0.136. The van der Waals surface area contributed by atoms with Crippen molar-refractivity contribution in [3.05, 3.63) is 35.4 Å². The molecule has 2 heteroatoms. The molecule has 0 aromatic heterocycles. The molecule has 0 saturated carbocycles. The fraction of sp³-hybridized carbons (Fsp3) is 0.571. The molecule has 0 aliphatic carbocycles. The summed E-state index contributed by atoms with van der Waals surface area (Å²) in [6.45, 7) is 6.62. The smallest absolute Gasteiger partial charge is 0.0499 e. The summed E-state index contributed by atoms with van der Waals surface area (Å²) < 4.78 is 0. The third-order valence-corrected chi connectivity index (χ3v) is 3.61. The maximum Gasteiger partial charge on any atom is 0.0499 e. The van der Waals surface area contributed by atoms with Gasteiger partial charge in [-0.1, -0.05) is 36.8 Å². The zero-order valence-electron chi connectivity index (χ0n) is 10.3. The second-order valence-electron chi connectivity index (χ2n) is 4.79. The van der Waals surface area contributed by atoms with E-state index in [0.717, 1.165) is 13.0 Å². The average molecular weight is 218 g/mol. The first-order chi connectivity index (χ1) is 7.72. The molecule has 2 nitrogen and oxygen atoms in total. The van der Waals surface area contributed by atoms with Crippen molar-refractivity contribution in [2.45, 2.75) is 38.8 Å². The molecule has 1 aromatic rings. The van der Waals surface area contributed by atoms with Crippen molar-refractivity contribution in [3.63, 3.8) is 0 Å². The van der Waals surface area contributed by atoms with Crippen LogP contribution in [0.15, 0.2) is 24.3 Å². The highest BCUT2D eigenvalue weighted by Gasteiger charge is 2.28. The number of rotatable bonds is 2. The first-order valence-corrected chi connectivity index (χ1v) is 6.28. The van der Waals surface area contributed by atoms with Crippen LogP contribution in [-0.2, 0) is 0 Å². The minimum atomic E-state index is 0.288. The molecule has 1 aromatic carbocycles. The molecule has 0 bridgehead atoms. The quantitative estimate of drug-likeness (QED) is 0.826. The van der Waals surface area contributed by atoms with Gasteiger partial charge in [-0.3, -0.25) is 4.90 Å². The average Bonchev–Trinajstić information content (AvgIpc) is 2.30. The Hall–Kier alpha value is -0.860. The van der Waals surface area contributed by atoms with Gasteiger partial charge in [0, 0.05) is 12.1 Å². The summed E-state index contributed by atoms with van der Waals surface area (Å²) in [7, 11) is 0. The van der Waals surface area contributed by atoms with Crippen LogP contribution in [0.3, 0.4) is 0 Å². The van der Waals surface area contributed by atoms with E-state index in [9.17, 15) is 0 Å². The van der Waals surface area contributed by atoms with Gasteiger partial charge in [-0.2, -0.15) is 0 Å². The standard InChI is InChI=1S/C14H22N2/c1-3-16-10-4-5-13(15)14(16)12-8-6-11(2)7-9-12/h6-9,13-14H,3-5,10,15H2,1-2H3. The van der Waals surface area contributed by atoms with Crippen molar-refractivity contribution >= 4 is 0 Å². The number of likely N-dealkylation sites (N-methyl/N-ethyl adjacent to an activating group) is 1. The van der Waals surface area contributed by atoms with Crippen molar-refractivity contribution in [2.24, 2.45) is 5.73 Å². The van der Waals surface area contributed by atoms with Gasteiger partial charge in [-0.25, -0.2) is 0 Å². The number of piperidine rings is 1. The lowest BCUT2D eigenvalue weighted by Crippen LogP contribution is -2.45. The highest BCUT2D eigenvalue weighted by Crippen LogP contribution is 2.29. The number of benzene rings is 1. The highest BCUT2D eigenvalue weighted by atomic mass is 15.2. The maximum absolute atomic E-state index is 6.27. The van der Waals surface area contributed by atoms with Crippen molar-refractivity contribution in [1.82, 2.24) is 4.90 Å². The van der Waals surface area contributed by atoms with E-state index in [2.05, 4.69) is 43.0 Å². The van der Waals surface area contributed by atoms with E-state index in [1.165, 1.54) is 24.1 Å². The van der Waals surface area contributed by atoms with Gasteiger partial charge in [0.05, 0.1) is 0 Å². The summed E-state index contributed by atoms with van der Waals surface area (Å²) in [5, 5.41) is 0. The molecule has 16 heavy (non-hydrogen) atoms. The molecule has 0 spiro atoms. The number of aryl methyl sites for hydroxylation is 1. The van der Waals surface area contributed by atoms with E-state index in [1.807, 2.05) is 0 Å². The molecule has 0 radical (unpaired) electrons. The van der Waals surface area contributed by atoms with Gasteiger partial charge < -0.3 is 5.73 Å². The summed E-state index contributed by atoms with van der Waals surface area (Å²) in [5.41, 5.74) is 8.96. The Balaban J connectivity index is 2.24. The molecule has 1 fully saturated rings. The summed E-state index contributed by atoms with van der Waals surface area (Å²) >= 11 is 0. The van der Waals surface area contributed by atoms with Gasteiger partial charge in [0.1, 0.15) is 0 Å². The van der Waals surface area contributed by atoms with E-state index in [-0.39, 0.29) is 6.04 Å². The van der Waals surface area contributed by atoms with Gasteiger partial charge in [0.2, 0.25) is 0 Å². The third-order valence-electron chi connectivity index (χ3n) is 3.61. The fourth-order valence-electron chi connectivity index (χ4n) is 2.67. The van der Waals surface area contributed by atoms with Crippen LogP contribution in [0.1, 0.15) is 36.9 Å². The van der Waals surface area contributed by atoms with Gasteiger partial charge in [-0.15, -0.1) is 0 Å². The molecule has 2 unspecified atom stereocenters. The lowest BCUT2D eigenvalue weighted by atomic mass is 9.90. The summed E-state index contributed by atoms with van der Waals surface area (Å²) in [6, 6.07) is 9.53. The number of nitrogens with two attached hydrogens (primary N) is 1. The van der Waals surface area contributed by atoms with Crippen molar-refractivity contribution < 1.29 is 0 Å². The number of likely N-dealkylation sites (tertiary alicyclic amines) is 1. The van der Waals surface area contributed by atoms with E-state index >= 15 is 0 Å². The van der Waals surface area contributed by atoms with Crippen molar-refractivity contribution in [2.75, 3.05) is 13.1 Å². The normalized spacial score (nSPS) is 26.9. The predicted octanol–water partition coefficient (Wildman–Crippen LogP) is 2.48. The Morgan fingerprint density at radius 1 is 1.31 bits per heavy atom. The van der Waals surface area contributed by atoms with Gasteiger partial charge in [0.25, 0.3) is 0 Å². The number of hydrogen-bond donors (Lipinski definition) is 1. The van der Waals surface area contributed by atoms with Gasteiger partial charge >= 0.3 is 0 Å². The summed E-state index contributed by atoms with van der Waals surface area (Å²) in [6.07, 6.45) is 2.38. The summed E-state index contributed by atoms with van der Waals surface area (Å²) in [5.74, 6) is 0. The fourth-order valence-corrected chi connectivity index (χ4v) is 2.67. The molecule has 1 aliphatic rings. The zero-order chi connectivity index (χ0) is 11.5. The molecule has 1 heterocycles. The molecule has 1 aliphatic heterocycles. The van der Waals surface area contributed by atoms with Crippen LogP contribution in [0.25, 0.3) is 0 Å². The van der Waals surface area contributed by atoms with E-state index in [4.69, 9.17) is 5.73 Å². The molecular formula is C14H22N2. The molecule has 2 atom stereocenters. The van der Waals surface area contributed by atoms with Crippen LogP contribution in [0.4, 0.5) is 0 Å². The summed E-state index contributed by atoms with van der Waals surface area (Å²) in [4.78, 5) is 2.50. The van der Waals surface area contributed by atoms with Crippen molar-refractivity contribution in [1.29, 1.82) is 0 Å². The molecule has 2 N–H and O–H groups in total. The predicted molar refractivity (Wildman–Crippen MR) is 68.4 cm³/mol. The highest BCUT2D eigenvalue weighted by molar-refractivity contribution is 5.25. The Bertz CT molecular complexity index is 331. The Morgan fingerprint density at radius 2 is 2.00 bits per heavy atom. The Morgan fingerprint density at radius 3 is 2.62 bits per heavy atom. The van der Waals surface area contributed by atoms with Crippen molar-refractivity contribution in [3.8, 4) is 0 Å². The minimum Gasteiger partial charge on any atom is -0.326 e. The van der Waals surface area contributed by atoms with Crippen LogP contribution in [0.2, 0.25) is 0 Å². The van der Waals surface area contributed by atoms with E-state index in [0.29, 0.717) is 6.04 Å². The topological polar surface area (TPSA) is 29.3 Å². The monoisotopic (exact) mass is 218 g/mol. The Labute approximate surface area is 98.4 Å². The van der Waals surface area contributed by atoms with Gasteiger partial charge in [-0.05, 0) is 38.4 Å². The Kier molecular flexibility index (Phi) is 3.62. The molecular weight excluding hydrogens is 196 g/mol. The van der Waals surface area contributed by atoms with Crippen LogP contribution in [0, 0.1) is 6.92 Å². The zero-order valence-corrected chi connectivity index (χ0v) is 10.3. The first-order valence-electron chi connectivity index (χ1n) is 6.28. The molecule has 1 saturated heterocycles. The minimum absolute atomic E-state index is 0.288.